The Labute approximate surface area is 143 Å². The molecule has 0 unspecified atom stereocenters. The Hall–Kier alpha value is -0.935. The first-order valence-corrected chi connectivity index (χ1v) is 8.83. The Kier molecular flexibility index (Phi) is 6.18. The second-order valence-electron chi connectivity index (χ2n) is 4.91. The van der Waals surface area contributed by atoms with Crippen molar-refractivity contribution in [2.24, 2.45) is 0 Å². The van der Waals surface area contributed by atoms with Gasteiger partial charge in [0.1, 0.15) is 11.5 Å². The second kappa shape index (κ2) is 7.90. The van der Waals surface area contributed by atoms with Gasteiger partial charge in [0, 0.05) is 10.7 Å². The van der Waals surface area contributed by atoms with Gasteiger partial charge in [-0.1, -0.05) is 44.0 Å². The van der Waals surface area contributed by atoms with Gasteiger partial charge >= 0.3 is 7.69 Å². The quantitative estimate of drug-likeness (QED) is 0.488. The van der Waals surface area contributed by atoms with Crippen LogP contribution in [0.2, 0.25) is 0 Å². The molecule has 0 saturated carbocycles. The molecule has 109 valence electrons. The summed E-state index contributed by atoms with van der Waals surface area (Å²) in [6, 6.07) is 12.2. The minimum Gasteiger partial charge on any atom is -0.526 e. The first-order valence-electron chi connectivity index (χ1n) is 6.59. The minimum absolute atomic E-state index is 0.776. The maximum absolute atomic E-state index is 5.57. The van der Waals surface area contributed by atoms with E-state index in [2.05, 4.69) is 44.0 Å². The van der Waals surface area contributed by atoms with Crippen molar-refractivity contribution in [3.8, 4) is 11.5 Å². The van der Waals surface area contributed by atoms with E-state index in [1.54, 1.807) is 0 Å². The van der Waals surface area contributed by atoms with Crippen LogP contribution in [0.3, 0.4) is 0 Å². The molecule has 2 rings (SSSR count). The molecule has 0 aliphatic heterocycles. The number of benzene rings is 2. The molecule has 0 spiro atoms. The molecule has 2 nitrogen and oxygen atoms in total. The molecule has 0 fully saturated rings. The third-order valence-electron chi connectivity index (χ3n) is 2.90. The number of hydrogen-bond donors (Lipinski definition) is 0. The van der Waals surface area contributed by atoms with Crippen molar-refractivity contribution >= 4 is 39.5 Å². The Morgan fingerprint density at radius 2 is 1.19 bits per heavy atom. The summed E-state index contributed by atoms with van der Waals surface area (Å²) in [5, 5.41) is 1.61. The van der Waals surface area contributed by atoms with Crippen molar-refractivity contribution < 1.29 is 9.31 Å². The highest BCUT2D eigenvalue weighted by molar-refractivity contribution is 9.08. The highest BCUT2D eigenvalue weighted by Gasteiger charge is 2.05. The molecule has 21 heavy (non-hydrogen) atoms. The third-order valence-corrected chi connectivity index (χ3v) is 4.19. The van der Waals surface area contributed by atoms with Crippen LogP contribution in [0.25, 0.3) is 0 Å². The first kappa shape index (κ1) is 16.4. The monoisotopic (exact) mass is 409 g/mol. The van der Waals surface area contributed by atoms with Crippen molar-refractivity contribution in [2.75, 3.05) is 0 Å². The molecule has 5 heteroatoms. The summed E-state index contributed by atoms with van der Waals surface area (Å²) in [6.45, 7) is 4.09. The fraction of sp³-hybridized carbons (Fsp3) is 0.250. The van der Waals surface area contributed by atoms with E-state index in [0.717, 1.165) is 33.3 Å². The average Bonchev–Trinajstić information content (AvgIpc) is 2.46. The van der Waals surface area contributed by atoms with Gasteiger partial charge in [0.2, 0.25) is 0 Å². The zero-order valence-corrected chi connectivity index (χ0v) is 15.2. The number of aryl methyl sites for hydroxylation is 2. The van der Waals surface area contributed by atoms with Gasteiger partial charge in [-0.3, -0.25) is 0 Å². The summed E-state index contributed by atoms with van der Waals surface area (Å²) in [7, 11) is 1.37. The van der Waals surface area contributed by atoms with E-state index in [1.165, 1.54) is 18.8 Å². The number of alkyl halides is 2. The van der Waals surface area contributed by atoms with Crippen LogP contribution in [0.4, 0.5) is 0 Å². The van der Waals surface area contributed by atoms with Crippen LogP contribution in [0.15, 0.2) is 36.4 Å². The molecular weight excluding hydrogens is 395 g/mol. The van der Waals surface area contributed by atoms with E-state index in [4.69, 9.17) is 9.31 Å². The van der Waals surface area contributed by atoms with Crippen molar-refractivity contribution in [2.45, 2.75) is 24.5 Å². The first-order chi connectivity index (χ1) is 10.1. The predicted molar refractivity (Wildman–Crippen MR) is 94.6 cm³/mol. The van der Waals surface area contributed by atoms with Crippen molar-refractivity contribution in [1.82, 2.24) is 0 Å². The lowest BCUT2D eigenvalue weighted by Gasteiger charge is -2.10. The molecule has 0 bridgehead atoms. The third kappa shape index (κ3) is 5.08. The molecule has 2 aromatic rings. The molecule has 0 N–H and O–H groups in total. The Morgan fingerprint density at radius 3 is 1.57 bits per heavy atom. The SMILES string of the molecule is Cc1cc(CBr)cc(O[B]Oc2cc(C)cc(CBr)c2)c1. The molecule has 0 saturated heterocycles. The Bertz CT molecular complexity index is 564. The van der Waals surface area contributed by atoms with Gasteiger partial charge in [0.25, 0.3) is 0 Å². The molecule has 1 radical (unpaired) electrons. The minimum atomic E-state index is 0.776. The fourth-order valence-corrected chi connectivity index (χ4v) is 2.72. The van der Waals surface area contributed by atoms with Gasteiger partial charge in [0.15, 0.2) is 0 Å². The normalized spacial score (nSPS) is 10.3. The van der Waals surface area contributed by atoms with E-state index in [1.807, 2.05) is 38.1 Å². The summed E-state index contributed by atoms with van der Waals surface area (Å²) in [5.41, 5.74) is 4.67. The van der Waals surface area contributed by atoms with Gasteiger partial charge in [0.05, 0.1) is 0 Å². The molecule has 0 amide bonds. The molecule has 0 atom stereocenters. The van der Waals surface area contributed by atoms with Crippen LogP contribution in [-0.4, -0.2) is 7.69 Å². The molecule has 0 aliphatic carbocycles. The number of halogens is 2. The van der Waals surface area contributed by atoms with Crippen LogP contribution in [0.1, 0.15) is 22.3 Å². The van der Waals surface area contributed by atoms with Gasteiger partial charge in [-0.05, 0) is 60.4 Å². The lowest BCUT2D eigenvalue weighted by Crippen LogP contribution is -2.11. The van der Waals surface area contributed by atoms with Gasteiger partial charge < -0.3 is 9.31 Å². The average molecular weight is 411 g/mol. The molecule has 2 aromatic carbocycles. The fourth-order valence-electron chi connectivity index (χ4n) is 2.07. The van der Waals surface area contributed by atoms with Crippen LogP contribution in [0.5, 0.6) is 11.5 Å². The van der Waals surface area contributed by atoms with Crippen LogP contribution in [0, 0.1) is 13.8 Å². The highest BCUT2D eigenvalue weighted by Crippen LogP contribution is 2.20. The summed E-state index contributed by atoms with van der Waals surface area (Å²) in [5.74, 6) is 1.55. The maximum Gasteiger partial charge on any atom is 0.658 e. The number of hydrogen-bond acceptors (Lipinski definition) is 2. The van der Waals surface area contributed by atoms with Crippen LogP contribution < -0.4 is 9.31 Å². The molecule has 0 aromatic heterocycles. The highest BCUT2D eigenvalue weighted by atomic mass is 79.9. The van der Waals surface area contributed by atoms with Crippen LogP contribution in [-0.2, 0) is 10.7 Å². The van der Waals surface area contributed by atoms with Crippen LogP contribution >= 0.6 is 31.9 Å². The smallest absolute Gasteiger partial charge is 0.526 e. The maximum atomic E-state index is 5.57. The second-order valence-corrected chi connectivity index (χ2v) is 6.03. The summed E-state index contributed by atoms with van der Waals surface area (Å²) >= 11 is 6.91. The zero-order valence-electron chi connectivity index (χ0n) is 12.0. The zero-order chi connectivity index (χ0) is 15.2. The summed E-state index contributed by atoms with van der Waals surface area (Å²) < 4.78 is 11.1. The van der Waals surface area contributed by atoms with Crippen molar-refractivity contribution in [3.05, 3.63) is 58.7 Å². The van der Waals surface area contributed by atoms with Gasteiger partial charge in [-0.2, -0.15) is 0 Å². The Balaban J connectivity index is 1.98. The molecular formula is C16H16BBr2O2. The number of rotatable bonds is 6. The van der Waals surface area contributed by atoms with E-state index in [0.29, 0.717) is 0 Å². The van der Waals surface area contributed by atoms with Gasteiger partial charge in [-0.25, -0.2) is 0 Å². The van der Waals surface area contributed by atoms with E-state index >= 15 is 0 Å². The van der Waals surface area contributed by atoms with Gasteiger partial charge in [-0.15, -0.1) is 0 Å². The molecule has 0 aliphatic rings. The summed E-state index contributed by atoms with van der Waals surface area (Å²) in [6.07, 6.45) is 0. The van der Waals surface area contributed by atoms with E-state index < -0.39 is 0 Å². The van der Waals surface area contributed by atoms with E-state index in [-0.39, 0.29) is 0 Å². The lowest BCUT2D eigenvalue weighted by atomic mass is 10.1. The largest absolute Gasteiger partial charge is 0.658 e. The Morgan fingerprint density at radius 1 is 0.762 bits per heavy atom. The van der Waals surface area contributed by atoms with Crippen molar-refractivity contribution in [3.63, 3.8) is 0 Å². The standard InChI is InChI=1S/C16H16BBr2O2/c1-11-3-13(9-18)7-15(5-11)20-17-21-16-6-12(2)4-14(8-16)10-19/h3-8H,9-10H2,1-2H3. The topological polar surface area (TPSA) is 18.5 Å². The molecule has 0 heterocycles. The van der Waals surface area contributed by atoms with E-state index in [9.17, 15) is 0 Å². The lowest BCUT2D eigenvalue weighted by molar-refractivity contribution is 0.458. The summed E-state index contributed by atoms with van der Waals surface area (Å²) in [4.78, 5) is 0. The predicted octanol–water partition coefficient (Wildman–Crippen LogP) is 5.09. The van der Waals surface area contributed by atoms with Crippen molar-refractivity contribution in [1.29, 1.82) is 0 Å².